The number of thiazole rings is 1. The van der Waals surface area contributed by atoms with Crippen LogP contribution in [0.2, 0.25) is 0 Å². The maximum atomic E-state index is 12.0. The zero-order valence-electron chi connectivity index (χ0n) is 13.0. The number of carbonyl (C=O) groups excluding carboxylic acids is 2. The van der Waals surface area contributed by atoms with E-state index in [9.17, 15) is 9.59 Å². The van der Waals surface area contributed by atoms with Gasteiger partial charge < -0.3 is 15.4 Å². The zero-order chi connectivity index (χ0) is 16.5. The fraction of sp³-hybridized carbons (Fsp3) is 0.353. The summed E-state index contributed by atoms with van der Waals surface area (Å²) >= 11 is 1.51. The topological polar surface area (TPSA) is 80.3 Å². The Hall–Kier alpha value is -2.25. The highest BCUT2D eigenvalue weighted by atomic mass is 32.1. The lowest BCUT2D eigenvalue weighted by molar-refractivity contribution is -0.130. The second-order valence-corrected chi connectivity index (χ2v) is 6.89. The SMILES string of the molecule is O=C1Cc2cc(-c3csc(CNC(=O)C4CCCO4)n3)ccc2N1. The van der Waals surface area contributed by atoms with Gasteiger partial charge in [-0.05, 0) is 30.5 Å². The highest BCUT2D eigenvalue weighted by molar-refractivity contribution is 7.09. The van der Waals surface area contributed by atoms with Crippen LogP contribution >= 0.6 is 11.3 Å². The molecule has 1 atom stereocenters. The number of ether oxygens (including phenoxy) is 1. The van der Waals surface area contributed by atoms with Crippen LogP contribution in [0.5, 0.6) is 0 Å². The second kappa shape index (κ2) is 6.33. The Balaban J connectivity index is 1.42. The van der Waals surface area contributed by atoms with Crippen molar-refractivity contribution in [3.63, 3.8) is 0 Å². The van der Waals surface area contributed by atoms with E-state index in [1.54, 1.807) is 0 Å². The number of nitrogens with zero attached hydrogens (tertiary/aromatic N) is 1. The molecule has 1 aromatic heterocycles. The molecule has 124 valence electrons. The third-order valence-corrected chi connectivity index (χ3v) is 5.06. The molecule has 1 saturated heterocycles. The van der Waals surface area contributed by atoms with E-state index in [2.05, 4.69) is 15.6 Å². The van der Waals surface area contributed by atoms with E-state index >= 15 is 0 Å². The molecule has 1 unspecified atom stereocenters. The lowest BCUT2D eigenvalue weighted by Gasteiger charge is -2.08. The van der Waals surface area contributed by atoms with E-state index in [-0.39, 0.29) is 17.9 Å². The van der Waals surface area contributed by atoms with Crippen molar-refractivity contribution in [2.24, 2.45) is 0 Å². The van der Waals surface area contributed by atoms with Crippen LogP contribution < -0.4 is 10.6 Å². The smallest absolute Gasteiger partial charge is 0.249 e. The van der Waals surface area contributed by atoms with Crippen molar-refractivity contribution >= 4 is 28.8 Å². The summed E-state index contributed by atoms with van der Waals surface area (Å²) in [4.78, 5) is 28.0. The van der Waals surface area contributed by atoms with Crippen LogP contribution in [0, 0.1) is 0 Å². The van der Waals surface area contributed by atoms with E-state index in [4.69, 9.17) is 4.74 Å². The van der Waals surface area contributed by atoms with Crippen molar-refractivity contribution in [1.29, 1.82) is 0 Å². The van der Waals surface area contributed by atoms with Gasteiger partial charge in [-0.1, -0.05) is 6.07 Å². The average Bonchev–Trinajstić information content (AvgIpc) is 3.31. The Morgan fingerprint density at radius 1 is 1.46 bits per heavy atom. The van der Waals surface area contributed by atoms with Gasteiger partial charge in [0.15, 0.2) is 0 Å². The van der Waals surface area contributed by atoms with Crippen LogP contribution in [0.1, 0.15) is 23.4 Å². The number of carbonyl (C=O) groups is 2. The van der Waals surface area contributed by atoms with Gasteiger partial charge in [0.1, 0.15) is 11.1 Å². The molecule has 0 aliphatic carbocycles. The van der Waals surface area contributed by atoms with Crippen molar-refractivity contribution < 1.29 is 14.3 Å². The molecule has 3 heterocycles. The number of anilines is 1. The first kappa shape index (κ1) is 15.3. The third-order valence-electron chi connectivity index (χ3n) is 4.21. The Morgan fingerprint density at radius 3 is 3.21 bits per heavy atom. The average molecular weight is 343 g/mol. The number of nitrogens with one attached hydrogen (secondary N) is 2. The normalized spacial score (nSPS) is 19.2. The van der Waals surface area contributed by atoms with E-state index in [1.807, 2.05) is 23.6 Å². The molecular weight excluding hydrogens is 326 g/mol. The standard InChI is InChI=1S/C17H17N3O3S/c21-15-7-11-6-10(3-4-12(11)19-15)13-9-24-16(20-13)8-18-17(22)14-2-1-5-23-14/h3-4,6,9,14H,1-2,5,7-8H2,(H,18,22)(H,19,21). The van der Waals surface area contributed by atoms with Crippen molar-refractivity contribution in [1.82, 2.24) is 10.3 Å². The summed E-state index contributed by atoms with van der Waals surface area (Å²) in [6.45, 7) is 1.07. The molecule has 2 aliphatic rings. The van der Waals surface area contributed by atoms with Crippen molar-refractivity contribution in [3.8, 4) is 11.3 Å². The van der Waals surface area contributed by atoms with Gasteiger partial charge in [0.05, 0.1) is 18.7 Å². The largest absolute Gasteiger partial charge is 0.368 e. The lowest BCUT2D eigenvalue weighted by atomic mass is 10.1. The molecule has 2 amide bonds. The van der Waals surface area contributed by atoms with Gasteiger partial charge in [-0.3, -0.25) is 9.59 Å². The quantitative estimate of drug-likeness (QED) is 0.891. The molecule has 2 aromatic rings. The van der Waals surface area contributed by atoms with Crippen LogP contribution in [-0.4, -0.2) is 29.5 Å². The number of benzene rings is 1. The predicted molar refractivity (Wildman–Crippen MR) is 90.7 cm³/mol. The van der Waals surface area contributed by atoms with Crippen molar-refractivity contribution in [2.45, 2.75) is 31.9 Å². The minimum atomic E-state index is -0.314. The molecule has 7 heteroatoms. The Labute approximate surface area is 143 Å². The molecule has 2 N–H and O–H groups in total. The van der Waals surface area contributed by atoms with Crippen LogP contribution in [0.3, 0.4) is 0 Å². The molecule has 1 aromatic carbocycles. The van der Waals surface area contributed by atoms with Crippen LogP contribution in [0.15, 0.2) is 23.6 Å². The molecule has 6 nitrogen and oxygen atoms in total. The van der Waals surface area contributed by atoms with Crippen molar-refractivity contribution in [2.75, 3.05) is 11.9 Å². The van der Waals surface area contributed by atoms with Gasteiger partial charge in [0, 0.05) is 23.2 Å². The Bertz CT molecular complexity index is 796. The molecule has 0 spiro atoms. The number of hydrogen-bond acceptors (Lipinski definition) is 5. The first-order valence-corrected chi connectivity index (χ1v) is 8.84. The van der Waals surface area contributed by atoms with E-state index in [0.717, 1.165) is 40.4 Å². The van der Waals surface area contributed by atoms with Crippen LogP contribution in [-0.2, 0) is 27.3 Å². The molecule has 24 heavy (non-hydrogen) atoms. The Kier molecular flexibility index (Phi) is 4.03. The molecule has 0 saturated carbocycles. The fourth-order valence-electron chi connectivity index (χ4n) is 2.97. The summed E-state index contributed by atoms with van der Waals surface area (Å²) in [6.07, 6.45) is 1.83. The number of fused-ring (bicyclic) bond motifs is 1. The molecule has 4 rings (SSSR count). The minimum Gasteiger partial charge on any atom is -0.368 e. The molecule has 0 radical (unpaired) electrons. The van der Waals surface area contributed by atoms with Crippen LogP contribution in [0.4, 0.5) is 5.69 Å². The molecular formula is C17H17N3O3S. The van der Waals surface area contributed by atoms with E-state index in [1.165, 1.54) is 11.3 Å². The van der Waals surface area contributed by atoms with Gasteiger partial charge in [-0.2, -0.15) is 0 Å². The highest BCUT2D eigenvalue weighted by Gasteiger charge is 2.23. The first-order chi connectivity index (χ1) is 11.7. The summed E-state index contributed by atoms with van der Waals surface area (Å²) in [5.41, 5.74) is 3.73. The highest BCUT2D eigenvalue weighted by Crippen LogP contribution is 2.29. The summed E-state index contributed by atoms with van der Waals surface area (Å²) in [5, 5.41) is 8.53. The summed E-state index contributed by atoms with van der Waals surface area (Å²) in [6, 6.07) is 5.86. The monoisotopic (exact) mass is 343 g/mol. The van der Waals surface area contributed by atoms with E-state index < -0.39 is 0 Å². The van der Waals surface area contributed by atoms with Crippen LogP contribution in [0.25, 0.3) is 11.3 Å². The van der Waals surface area contributed by atoms with Gasteiger partial charge in [0.2, 0.25) is 11.8 Å². The number of amides is 2. The molecule has 2 aliphatic heterocycles. The molecule has 1 fully saturated rings. The number of hydrogen-bond donors (Lipinski definition) is 2. The van der Waals surface area contributed by atoms with Gasteiger partial charge in [-0.15, -0.1) is 11.3 Å². The molecule has 0 bridgehead atoms. The number of rotatable bonds is 4. The predicted octanol–water partition coefficient (Wildman–Crippen LogP) is 2.10. The number of aromatic nitrogens is 1. The minimum absolute atomic E-state index is 0.0259. The Morgan fingerprint density at radius 2 is 2.38 bits per heavy atom. The summed E-state index contributed by atoms with van der Waals surface area (Å²) in [7, 11) is 0. The summed E-state index contributed by atoms with van der Waals surface area (Å²) < 4.78 is 5.37. The van der Waals surface area contributed by atoms with Gasteiger partial charge >= 0.3 is 0 Å². The zero-order valence-corrected chi connectivity index (χ0v) is 13.8. The van der Waals surface area contributed by atoms with E-state index in [0.29, 0.717) is 19.6 Å². The lowest BCUT2D eigenvalue weighted by Crippen LogP contribution is -2.33. The maximum Gasteiger partial charge on any atom is 0.249 e. The maximum absolute atomic E-state index is 12.0. The van der Waals surface area contributed by atoms with Gasteiger partial charge in [-0.25, -0.2) is 4.98 Å². The fourth-order valence-corrected chi connectivity index (χ4v) is 3.72. The van der Waals surface area contributed by atoms with Gasteiger partial charge in [0.25, 0.3) is 0 Å². The first-order valence-electron chi connectivity index (χ1n) is 7.96. The second-order valence-electron chi connectivity index (χ2n) is 5.94. The third kappa shape index (κ3) is 3.05. The van der Waals surface area contributed by atoms with Crippen molar-refractivity contribution in [3.05, 3.63) is 34.2 Å². The summed E-state index contributed by atoms with van der Waals surface area (Å²) in [5.74, 6) is -0.0377.